The van der Waals surface area contributed by atoms with Crippen molar-refractivity contribution in [2.24, 2.45) is 0 Å². The van der Waals surface area contributed by atoms with Gasteiger partial charge in [0.2, 0.25) is 0 Å². The molecule has 1 aliphatic rings. The molecule has 0 spiro atoms. The van der Waals surface area contributed by atoms with Crippen molar-refractivity contribution < 1.29 is 9.53 Å². The third kappa shape index (κ3) is 2.81. The van der Waals surface area contributed by atoms with Gasteiger partial charge in [0.15, 0.2) is 0 Å². The van der Waals surface area contributed by atoms with E-state index in [4.69, 9.17) is 4.74 Å². The Hall–Kier alpha value is -1.35. The molecular formula is C16H23NO2. The third-order valence-corrected chi connectivity index (χ3v) is 4.39. The SMILES string of the molecule is CCC1(CC)Cc2ccccc2C(CC(=O)OC)N1. The minimum absolute atomic E-state index is 0.0669. The summed E-state index contributed by atoms with van der Waals surface area (Å²) in [5.41, 5.74) is 2.71. The predicted molar refractivity (Wildman–Crippen MR) is 76.0 cm³/mol. The second kappa shape index (κ2) is 5.74. The Morgan fingerprint density at radius 2 is 2.05 bits per heavy atom. The lowest BCUT2D eigenvalue weighted by atomic mass is 9.77. The minimum atomic E-state index is -0.157. The summed E-state index contributed by atoms with van der Waals surface area (Å²) in [7, 11) is 1.45. The number of methoxy groups -OCH3 is 1. The summed E-state index contributed by atoms with van der Waals surface area (Å²) in [6.07, 6.45) is 3.56. The summed E-state index contributed by atoms with van der Waals surface area (Å²) in [5.74, 6) is -0.157. The molecule has 0 bridgehead atoms. The van der Waals surface area contributed by atoms with Crippen LogP contribution in [0.25, 0.3) is 0 Å². The molecule has 0 radical (unpaired) electrons. The van der Waals surface area contributed by atoms with Crippen LogP contribution in [0.1, 0.15) is 50.3 Å². The maximum absolute atomic E-state index is 11.6. The Labute approximate surface area is 115 Å². The molecule has 0 saturated heterocycles. The molecule has 2 rings (SSSR count). The highest BCUT2D eigenvalue weighted by atomic mass is 16.5. The number of fused-ring (bicyclic) bond motifs is 1. The zero-order valence-corrected chi connectivity index (χ0v) is 12.0. The van der Waals surface area contributed by atoms with Crippen molar-refractivity contribution in [1.29, 1.82) is 0 Å². The van der Waals surface area contributed by atoms with Crippen LogP contribution in [0.15, 0.2) is 24.3 Å². The smallest absolute Gasteiger partial charge is 0.307 e. The Kier molecular flexibility index (Phi) is 4.25. The van der Waals surface area contributed by atoms with E-state index in [0.717, 1.165) is 19.3 Å². The molecule has 3 heteroatoms. The van der Waals surface area contributed by atoms with Gasteiger partial charge in [-0.2, -0.15) is 0 Å². The number of carbonyl (C=O) groups excluding carboxylic acids is 1. The van der Waals surface area contributed by atoms with Crippen LogP contribution in [0.4, 0.5) is 0 Å². The van der Waals surface area contributed by atoms with Crippen LogP contribution < -0.4 is 5.32 Å². The number of nitrogens with one attached hydrogen (secondary N) is 1. The first-order valence-electron chi connectivity index (χ1n) is 7.06. The normalized spacial score (nSPS) is 20.7. The highest BCUT2D eigenvalue weighted by Gasteiger charge is 2.36. The topological polar surface area (TPSA) is 38.3 Å². The van der Waals surface area contributed by atoms with Gasteiger partial charge in [-0.1, -0.05) is 38.1 Å². The summed E-state index contributed by atoms with van der Waals surface area (Å²) in [6, 6.07) is 8.48. The highest BCUT2D eigenvalue weighted by molar-refractivity contribution is 5.70. The molecule has 1 N–H and O–H groups in total. The van der Waals surface area contributed by atoms with E-state index in [9.17, 15) is 4.79 Å². The van der Waals surface area contributed by atoms with E-state index in [0.29, 0.717) is 6.42 Å². The summed E-state index contributed by atoms with van der Waals surface area (Å²) < 4.78 is 4.82. The van der Waals surface area contributed by atoms with Crippen molar-refractivity contribution in [2.75, 3.05) is 7.11 Å². The van der Waals surface area contributed by atoms with Gasteiger partial charge in [0.05, 0.1) is 13.5 Å². The van der Waals surface area contributed by atoms with Gasteiger partial charge >= 0.3 is 5.97 Å². The number of hydrogen-bond acceptors (Lipinski definition) is 3. The molecule has 1 heterocycles. The maximum Gasteiger partial charge on any atom is 0.307 e. The summed E-state index contributed by atoms with van der Waals surface area (Å²) in [6.45, 7) is 4.42. The molecule has 19 heavy (non-hydrogen) atoms. The molecule has 1 aliphatic heterocycles. The standard InChI is InChI=1S/C16H23NO2/c1-4-16(5-2)11-12-8-6-7-9-13(12)14(17-16)10-15(18)19-3/h6-9,14,17H,4-5,10-11H2,1-3H3. The molecule has 0 aromatic heterocycles. The van der Waals surface area contributed by atoms with Crippen molar-refractivity contribution in [3.8, 4) is 0 Å². The van der Waals surface area contributed by atoms with Crippen LogP contribution in [-0.2, 0) is 16.0 Å². The van der Waals surface area contributed by atoms with E-state index in [1.54, 1.807) is 0 Å². The largest absolute Gasteiger partial charge is 0.469 e. The molecule has 0 amide bonds. The minimum Gasteiger partial charge on any atom is -0.469 e. The van der Waals surface area contributed by atoms with E-state index >= 15 is 0 Å². The van der Waals surface area contributed by atoms with Gasteiger partial charge in [0.25, 0.3) is 0 Å². The van der Waals surface area contributed by atoms with E-state index in [-0.39, 0.29) is 17.6 Å². The average Bonchev–Trinajstić information content (AvgIpc) is 2.46. The van der Waals surface area contributed by atoms with Crippen LogP contribution in [0.5, 0.6) is 0 Å². The zero-order valence-electron chi connectivity index (χ0n) is 12.0. The van der Waals surface area contributed by atoms with E-state index in [1.807, 2.05) is 6.07 Å². The molecular weight excluding hydrogens is 238 g/mol. The third-order valence-electron chi connectivity index (χ3n) is 4.39. The predicted octanol–water partition coefficient (Wildman–Crippen LogP) is 3.00. The van der Waals surface area contributed by atoms with Gasteiger partial charge in [0.1, 0.15) is 0 Å². The van der Waals surface area contributed by atoms with Crippen molar-refractivity contribution in [2.45, 2.75) is 51.1 Å². The second-order valence-corrected chi connectivity index (χ2v) is 5.34. The maximum atomic E-state index is 11.6. The van der Waals surface area contributed by atoms with E-state index in [1.165, 1.54) is 18.2 Å². The summed E-state index contributed by atoms with van der Waals surface area (Å²) in [4.78, 5) is 11.6. The monoisotopic (exact) mass is 261 g/mol. The van der Waals surface area contributed by atoms with Crippen molar-refractivity contribution in [1.82, 2.24) is 5.32 Å². The van der Waals surface area contributed by atoms with Crippen molar-refractivity contribution >= 4 is 5.97 Å². The lowest BCUT2D eigenvalue weighted by Crippen LogP contribution is -2.51. The first-order valence-corrected chi connectivity index (χ1v) is 7.06. The number of benzene rings is 1. The fourth-order valence-electron chi connectivity index (χ4n) is 3.01. The quantitative estimate of drug-likeness (QED) is 0.847. The Bertz CT molecular complexity index is 452. The van der Waals surface area contributed by atoms with Crippen LogP contribution in [0, 0.1) is 0 Å². The van der Waals surface area contributed by atoms with Crippen LogP contribution in [0.3, 0.4) is 0 Å². The van der Waals surface area contributed by atoms with Gasteiger partial charge < -0.3 is 10.1 Å². The molecule has 0 aliphatic carbocycles. The zero-order chi connectivity index (χ0) is 13.9. The van der Waals surface area contributed by atoms with E-state index < -0.39 is 0 Å². The number of carbonyl (C=O) groups is 1. The van der Waals surface area contributed by atoms with Gasteiger partial charge in [-0.05, 0) is 30.4 Å². The van der Waals surface area contributed by atoms with E-state index in [2.05, 4.69) is 37.4 Å². The average molecular weight is 261 g/mol. The van der Waals surface area contributed by atoms with Gasteiger partial charge in [-0.15, -0.1) is 0 Å². The Balaban J connectivity index is 2.33. The van der Waals surface area contributed by atoms with Gasteiger partial charge in [-0.3, -0.25) is 4.79 Å². The lowest BCUT2D eigenvalue weighted by molar-refractivity contribution is -0.141. The highest BCUT2D eigenvalue weighted by Crippen LogP contribution is 2.35. The molecule has 1 aromatic rings. The molecule has 3 nitrogen and oxygen atoms in total. The van der Waals surface area contributed by atoms with Crippen molar-refractivity contribution in [3.63, 3.8) is 0 Å². The first-order chi connectivity index (χ1) is 9.14. The second-order valence-electron chi connectivity index (χ2n) is 5.34. The Morgan fingerprint density at radius 1 is 1.37 bits per heavy atom. The van der Waals surface area contributed by atoms with Gasteiger partial charge in [-0.25, -0.2) is 0 Å². The first kappa shape index (κ1) is 14.1. The number of rotatable bonds is 4. The number of esters is 1. The number of hydrogen-bond donors (Lipinski definition) is 1. The summed E-state index contributed by atoms with van der Waals surface area (Å²) >= 11 is 0. The fourth-order valence-corrected chi connectivity index (χ4v) is 3.01. The molecule has 0 saturated carbocycles. The van der Waals surface area contributed by atoms with Crippen LogP contribution >= 0.6 is 0 Å². The molecule has 1 atom stereocenters. The number of ether oxygens (including phenoxy) is 1. The molecule has 104 valence electrons. The van der Waals surface area contributed by atoms with Gasteiger partial charge in [0, 0.05) is 11.6 Å². The van der Waals surface area contributed by atoms with Crippen molar-refractivity contribution in [3.05, 3.63) is 35.4 Å². The van der Waals surface area contributed by atoms with Crippen LogP contribution in [0.2, 0.25) is 0 Å². The summed E-state index contributed by atoms with van der Waals surface area (Å²) in [5, 5.41) is 3.69. The molecule has 0 fully saturated rings. The lowest BCUT2D eigenvalue weighted by Gasteiger charge is -2.42. The Morgan fingerprint density at radius 3 is 2.68 bits per heavy atom. The molecule has 1 aromatic carbocycles. The molecule has 1 unspecified atom stereocenters. The fraction of sp³-hybridized carbons (Fsp3) is 0.562. The van der Waals surface area contributed by atoms with Crippen LogP contribution in [-0.4, -0.2) is 18.6 Å².